The summed E-state index contributed by atoms with van der Waals surface area (Å²) in [6.07, 6.45) is 0. The van der Waals surface area contributed by atoms with E-state index < -0.39 is 11.8 Å². The summed E-state index contributed by atoms with van der Waals surface area (Å²) >= 11 is 0. The molecule has 0 aromatic heterocycles. The Kier molecular flexibility index (Phi) is 3.89. The molecule has 2 aromatic carbocycles. The molecular formula is C15H16FN3O. The average Bonchev–Trinajstić information content (AvgIpc) is 2.38. The lowest BCUT2D eigenvalue weighted by Gasteiger charge is -2.11. The van der Waals surface area contributed by atoms with E-state index in [1.165, 1.54) is 6.07 Å². The Labute approximate surface area is 116 Å². The van der Waals surface area contributed by atoms with Gasteiger partial charge in [0.25, 0.3) is 0 Å². The van der Waals surface area contributed by atoms with E-state index in [1.54, 1.807) is 37.3 Å². The highest BCUT2D eigenvalue weighted by atomic mass is 19.1. The van der Waals surface area contributed by atoms with Crippen LogP contribution in [0.4, 0.5) is 26.2 Å². The second-order valence-electron chi connectivity index (χ2n) is 4.58. The fourth-order valence-corrected chi connectivity index (χ4v) is 1.78. The van der Waals surface area contributed by atoms with Crippen LogP contribution in [0.3, 0.4) is 0 Å². The van der Waals surface area contributed by atoms with Gasteiger partial charge in [0, 0.05) is 11.4 Å². The van der Waals surface area contributed by atoms with Gasteiger partial charge in [0.15, 0.2) is 0 Å². The molecule has 0 aliphatic rings. The number of nitrogen functional groups attached to an aromatic ring is 1. The second-order valence-corrected chi connectivity index (χ2v) is 4.58. The van der Waals surface area contributed by atoms with Crippen LogP contribution in [0.15, 0.2) is 36.4 Å². The number of halogens is 1. The number of nitrogens with two attached hydrogens (primary N) is 1. The minimum Gasteiger partial charge on any atom is -0.398 e. The van der Waals surface area contributed by atoms with E-state index in [9.17, 15) is 9.18 Å². The molecule has 0 spiro atoms. The van der Waals surface area contributed by atoms with E-state index in [4.69, 9.17) is 5.73 Å². The molecule has 2 aromatic rings. The van der Waals surface area contributed by atoms with Gasteiger partial charge in [0.1, 0.15) is 5.82 Å². The van der Waals surface area contributed by atoms with Crippen molar-refractivity contribution in [2.24, 2.45) is 0 Å². The number of amides is 2. The first-order valence-electron chi connectivity index (χ1n) is 6.16. The van der Waals surface area contributed by atoms with Gasteiger partial charge in [-0.15, -0.1) is 0 Å². The number of para-hydroxylation sites is 1. The Morgan fingerprint density at radius 2 is 1.85 bits per heavy atom. The Morgan fingerprint density at radius 1 is 1.10 bits per heavy atom. The van der Waals surface area contributed by atoms with Crippen LogP contribution in [-0.2, 0) is 0 Å². The fraction of sp³-hybridized carbons (Fsp3) is 0.133. The minimum absolute atomic E-state index is 0.171. The van der Waals surface area contributed by atoms with Gasteiger partial charge >= 0.3 is 6.03 Å². The van der Waals surface area contributed by atoms with Crippen molar-refractivity contribution in [3.63, 3.8) is 0 Å². The zero-order valence-electron chi connectivity index (χ0n) is 11.3. The molecule has 0 unspecified atom stereocenters. The molecule has 0 radical (unpaired) electrons. The molecule has 4 N–H and O–H groups in total. The second kappa shape index (κ2) is 5.61. The summed E-state index contributed by atoms with van der Waals surface area (Å²) in [5, 5.41) is 5.11. The van der Waals surface area contributed by atoms with E-state index in [-0.39, 0.29) is 5.69 Å². The van der Waals surface area contributed by atoms with Gasteiger partial charge in [-0.25, -0.2) is 9.18 Å². The third-order valence-corrected chi connectivity index (χ3v) is 3.00. The summed E-state index contributed by atoms with van der Waals surface area (Å²) in [5.41, 5.74) is 8.67. The molecule has 20 heavy (non-hydrogen) atoms. The number of rotatable bonds is 2. The maximum atomic E-state index is 13.6. The molecule has 0 aliphatic heterocycles. The van der Waals surface area contributed by atoms with Crippen molar-refractivity contribution in [2.75, 3.05) is 16.4 Å². The highest BCUT2D eigenvalue weighted by molar-refractivity contribution is 6.00. The molecule has 0 heterocycles. The smallest absolute Gasteiger partial charge is 0.323 e. The van der Waals surface area contributed by atoms with Crippen LogP contribution in [-0.4, -0.2) is 6.03 Å². The summed E-state index contributed by atoms with van der Waals surface area (Å²) in [6, 6.07) is 9.30. The van der Waals surface area contributed by atoms with Crippen LogP contribution in [0.5, 0.6) is 0 Å². The normalized spacial score (nSPS) is 10.2. The van der Waals surface area contributed by atoms with Crippen LogP contribution < -0.4 is 16.4 Å². The summed E-state index contributed by atoms with van der Waals surface area (Å²) in [4.78, 5) is 11.9. The Balaban J connectivity index is 2.11. The first-order valence-corrected chi connectivity index (χ1v) is 6.16. The Morgan fingerprint density at radius 3 is 2.50 bits per heavy atom. The largest absolute Gasteiger partial charge is 0.398 e. The minimum atomic E-state index is -0.513. The van der Waals surface area contributed by atoms with E-state index >= 15 is 0 Å². The van der Waals surface area contributed by atoms with Crippen LogP contribution in [0.25, 0.3) is 0 Å². The molecule has 2 amide bonds. The zero-order valence-corrected chi connectivity index (χ0v) is 11.3. The first kappa shape index (κ1) is 13.9. The average molecular weight is 273 g/mol. The highest BCUT2D eigenvalue weighted by Gasteiger charge is 2.09. The van der Waals surface area contributed by atoms with Crippen LogP contribution in [0, 0.1) is 19.7 Å². The number of hydrogen-bond acceptors (Lipinski definition) is 2. The topological polar surface area (TPSA) is 67.2 Å². The van der Waals surface area contributed by atoms with Crippen LogP contribution >= 0.6 is 0 Å². The SMILES string of the molecule is Cc1ccc(NC(=O)Nc2c(C)cccc2F)cc1N. The molecule has 0 fully saturated rings. The van der Waals surface area contributed by atoms with Gasteiger partial charge in [-0.05, 0) is 43.2 Å². The van der Waals surface area contributed by atoms with Crippen LogP contribution in [0.1, 0.15) is 11.1 Å². The summed E-state index contributed by atoms with van der Waals surface area (Å²) in [5.74, 6) is -0.469. The van der Waals surface area contributed by atoms with Gasteiger partial charge in [-0.1, -0.05) is 18.2 Å². The lowest BCUT2D eigenvalue weighted by Crippen LogP contribution is -2.20. The van der Waals surface area contributed by atoms with Gasteiger partial charge in [-0.3, -0.25) is 0 Å². The molecule has 104 valence electrons. The van der Waals surface area contributed by atoms with E-state index in [0.29, 0.717) is 16.9 Å². The molecule has 5 heteroatoms. The molecule has 0 bridgehead atoms. The number of hydrogen-bond donors (Lipinski definition) is 3. The molecule has 2 rings (SSSR count). The monoisotopic (exact) mass is 273 g/mol. The zero-order chi connectivity index (χ0) is 14.7. The number of carbonyl (C=O) groups excluding carboxylic acids is 1. The van der Waals surface area contributed by atoms with Gasteiger partial charge in [0.2, 0.25) is 0 Å². The number of anilines is 3. The van der Waals surface area contributed by atoms with Crippen molar-refractivity contribution in [2.45, 2.75) is 13.8 Å². The van der Waals surface area contributed by atoms with Crippen molar-refractivity contribution in [3.8, 4) is 0 Å². The Bertz CT molecular complexity index is 635. The molecule has 0 atom stereocenters. The predicted octanol–water partition coefficient (Wildman–Crippen LogP) is 3.67. The number of nitrogens with one attached hydrogen (secondary N) is 2. The van der Waals surface area contributed by atoms with Gasteiger partial charge in [0.05, 0.1) is 5.69 Å². The summed E-state index contributed by atoms with van der Waals surface area (Å²) in [7, 11) is 0. The molecule has 0 saturated heterocycles. The standard InChI is InChI=1S/C15H16FN3O/c1-9-6-7-11(8-13(9)17)18-15(20)19-14-10(2)4-3-5-12(14)16/h3-8H,17H2,1-2H3,(H2,18,19,20). The lowest BCUT2D eigenvalue weighted by molar-refractivity contribution is 0.262. The third kappa shape index (κ3) is 3.06. The van der Waals surface area contributed by atoms with Crippen molar-refractivity contribution in [1.82, 2.24) is 0 Å². The van der Waals surface area contributed by atoms with E-state index in [1.807, 2.05) is 6.92 Å². The van der Waals surface area contributed by atoms with Crippen molar-refractivity contribution in [1.29, 1.82) is 0 Å². The molecular weight excluding hydrogens is 257 g/mol. The molecule has 0 saturated carbocycles. The highest BCUT2D eigenvalue weighted by Crippen LogP contribution is 2.20. The third-order valence-electron chi connectivity index (χ3n) is 3.00. The molecule has 4 nitrogen and oxygen atoms in total. The number of benzene rings is 2. The predicted molar refractivity (Wildman–Crippen MR) is 79.4 cm³/mol. The van der Waals surface area contributed by atoms with Crippen LogP contribution in [0.2, 0.25) is 0 Å². The first-order chi connectivity index (χ1) is 9.47. The van der Waals surface area contributed by atoms with Gasteiger partial charge < -0.3 is 16.4 Å². The van der Waals surface area contributed by atoms with Crippen molar-refractivity contribution < 1.29 is 9.18 Å². The van der Waals surface area contributed by atoms with Gasteiger partial charge in [-0.2, -0.15) is 0 Å². The number of aryl methyl sites for hydroxylation is 2. The maximum absolute atomic E-state index is 13.6. The van der Waals surface area contributed by atoms with Crippen molar-refractivity contribution >= 4 is 23.1 Å². The van der Waals surface area contributed by atoms with E-state index in [0.717, 1.165) is 5.56 Å². The Hall–Kier alpha value is -2.56. The summed E-state index contributed by atoms with van der Waals surface area (Å²) < 4.78 is 13.6. The quantitative estimate of drug-likeness (QED) is 0.731. The number of urea groups is 1. The maximum Gasteiger partial charge on any atom is 0.323 e. The number of carbonyl (C=O) groups is 1. The fourth-order valence-electron chi connectivity index (χ4n) is 1.78. The molecule has 0 aliphatic carbocycles. The van der Waals surface area contributed by atoms with Crippen molar-refractivity contribution in [3.05, 3.63) is 53.3 Å². The van der Waals surface area contributed by atoms with E-state index in [2.05, 4.69) is 10.6 Å². The lowest BCUT2D eigenvalue weighted by atomic mass is 10.2. The summed E-state index contributed by atoms with van der Waals surface area (Å²) in [6.45, 7) is 3.60.